The molecule has 138 valence electrons. The van der Waals surface area contributed by atoms with Gasteiger partial charge in [-0.1, -0.05) is 12.1 Å². The lowest BCUT2D eigenvalue weighted by molar-refractivity contribution is 0.0339. The highest BCUT2D eigenvalue weighted by Gasteiger charge is 2.32. The van der Waals surface area contributed by atoms with Gasteiger partial charge in [-0.15, -0.1) is 0 Å². The lowest BCUT2D eigenvalue weighted by atomic mass is 9.78. The first-order chi connectivity index (χ1) is 12.7. The number of hydrogen-bond donors (Lipinski definition) is 0. The molecule has 1 aromatic rings. The van der Waals surface area contributed by atoms with Gasteiger partial charge in [0, 0.05) is 45.9 Å². The normalized spacial score (nSPS) is 21.0. The highest BCUT2D eigenvalue weighted by atomic mass is 16.5. The zero-order valence-corrected chi connectivity index (χ0v) is 15.5. The number of nitriles is 2. The number of benzene rings is 1. The van der Waals surface area contributed by atoms with Gasteiger partial charge in [-0.3, -0.25) is 4.90 Å². The van der Waals surface area contributed by atoms with Gasteiger partial charge < -0.3 is 9.64 Å². The zero-order chi connectivity index (χ0) is 18.2. The third-order valence-corrected chi connectivity index (χ3v) is 5.77. The second kappa shape index (κ2) is 9.14. The van der Waals surface area contributed by atoms with Crippen molar-refractivity contribution in [2.75, 3.05) is 45.9 Å². The summed E-state index contributed by atoms with van der Waals surface area (Å²) < 4.78 is 5.41. The average molecular weight is 352 g/mol. The Labute approximate surface area is 156 Å². The van der Waals surface area contributed by atoms with Crippen LogP contribution in [0.2, 0.25) is 0 Å². The number of rotatable bonds is 6. The topological polar surface area (TPSA) is 63.3 Å². The minimum atomic E-state index is -0.143. The fourth-order valence-corrected chi connectivity index (χ4v) is 3.93. The Morgan fingerprint density at radius 1 is 0.962 bits per heavy atom. The molecule has 0 spiro atoms. The van der Waals surface area contributed by atoms with Crippen molar-refractivity contribution in [1.82, 2.24) is 9.80 Å². The summed E-state index contributed by atoms with van der Waals surface area (Å²) in [6, 6.07) is 12.6. The van der Waals surface area contributed by atoms with Crippen molar-refractivity contribution in [2.45, 2.75) is 32.2 Å². The van der Waals surface area contributed by atoms with Crippen molar-refractivity contribution < 1.29 is 4.74 Å². The lowest BCUT2D eigenvalue weighted by Gasteiger charge is -2.36. The Kier molecular flexibility index (Phi) is 6.63. The van der Waals surface area contributed by atoms with Gasteiger partial charge in [-0.25, -0.2) is 0 Å². The van der Waals surface area contributed by atoms with Crippen LogP contribution >= 0.6 is 0 Å². The summed E-state index contributed by atoms with van der Waals surface area (Å²) >= 11 is 0. The molecular weight excluding hydrogens is 324 g/mol. The summed E-state index contributed by atoms with van der Waals surface area (Å²) in [5.74, 6) is 0. The Hall–Kier alpha value is -1.92. The molecule has 2 heterocycles. The van der Waals surface area contributed by atoms with Crippen LogP contribution in [-0.4, -0.2) is 55.7 Å². The largest absolute Gasteiger partial charge is 0.381 e. The van der Waals surface area contributed by atoms with E-state index < -0.39 is 0 Å². The molecule has 0 atom stereocenters. The minimum absolute atomic E-state index is 0.143. The Morgan fingerprint density at radius 3 is 2.23 bits per heavy atom. The summed E-state index contributed by atoms with van der Waals surface area (Å²) in [6.45, 7) is 7.88. The molecule has 26 heavy (non-hydrogen) atoms. The van der Waals surface area contributed by atoms with E-state index in [1.54, 1.807) is 0 Å². The Balaban J connectivity index is 1.37. The van der Waals surface area contributed by atoms with Gasteiger partial charge in [0.15, 0.2) is 0 Å². The maximum Gasteiger partial charge on any atom is 0.0991 e. The summed E-state index contributed by atoms with van der Waals surface area (Å²) in [5.41, 5.74) is 1.85. The SMILES string of the molecule is N#Cc1ccc(CN2CCN(CCCC3(C#N)CCOCC3)CC2)cc1. The van der Waals surface area contributed by atoms with Crippen LogP contribution in [0.15, 0.2) is 24.3 Å². The van der Waals surface area contributed by atoms with Gasteiger partial charge in [-0.2, -0.15) is 10.5 Å². The van der Waals surface area contributed by atoms with Crippen LogP contribution in [-0.2, 0) is 11.3 Å². The van der Waals surface area contributed by atoms with E-state index in [2.05, 4.69) is 34.1 Å². The maximum absolute atomic E-state index is 9.54. The van der Waals surface area contributed by atoms with Crippen LogP contribution in [0.4, 0.5) is 0 Å². The first kappa shape index (κ1) is 18.9. The molecule has 3 rings (SSSR count). The van der Waals surface area contributed by atoms with E-state index in [1.807, 2.05) is 12.1 Å². The van der Waals surface area contributed by atoms with Gasteiger partial charge >= 0.3 is 0 Å². The van der Waals surface area contributed by atoms with E-state index in [-0.39, 0.29) is 5.41 Å². The van der Waals surface area contributed by atoms with Crippen molar-refractivity contribution in [1.29, 1.82) is 10.5 Å². The van der Waals surface area contributed by atoms with E-state index in [9.17, 15) is 5.26 Å². The van der Waals surface area contributed by atoms with Gasteiger partial charge in [0.1, 0.15) is 0 Å². The monoisotopic (exact) mass is 352 g/mol. The Morgan fingerprint density at radius 2 is 1.62 bits per heavy atom. The molecule has 0 N–H and O–H groups in total. The lowest BCUT2D eigenvalue weighted by Crippen LogP contribution is -2.46. The minimum Gasteiger partial charge on any atom is -0.381 e. The molecule has 2 aliphatic rings. The van der Waals surface area contributed by atoms with Crippen LogP contribution in [0.25, 0.3) is 0 Å². The molecule has 0 unspecified atom stereocenters. The van der Waals surface area contributed by atoms with Crippen LogP contribution in [0.3, 0.4) is 0 Å². The molecule has 2 fully saturated rings. The molecule has 2 aliphatic heterocycles. The second-order valence-electron chi connectivity index (χ2n) is 7.53. The molecule has 0 amide bonds. The summed E-state index contributed by atoms with van der Waals surface area (Å²) in [4.78, 5) is 5.01. The van der Waals surface area contributed by atoms with E-state index in [1.165, 1.54) is 5.56 Å². The van der Waals surface area contributed by atoms with E-state index in [0.717, 1.165) is 83.7 Å². The molecule has 0 aliphatic carbocycles. The molecule has 0 saturated carbocycles. The standard InChI is InChI=1S/C21H28N4O/c22-16-19-2-4-20(5-3-19)17-25-12-10-24(11-13-25)9-1-6-21(18-23)7-14-26-15-8-21/h2-5H,1,6-15,17H2. The summed E-state index contributed by atoms with van der Waals surface area (Å²) in [7, 11) is 0. The van der Waals surface area contributed by atoms with Crippen molar-refractivity contribution in [2.24, 2.45) is 5.41 Å². The van der Waals surface area contributed by atoms with Crippen LogP contribution in [0.1, 0.15) is 36.8 Å². The molecule has 0 bridgehead atoms. The van der Waals surface area contributed by atoms with Crippen molar-refractivity contribution in [3.05, 3.63) is 35.4 Å². The predicted molar refractivity (Wildman–Crippen MR) is 100 cm³/mol. The van der Waals surface area contributed by atoms with Gasteiger partial charge in [0.05, 0.1) is 23.1 Å². The van der Waals surface area contributed by atoms with E-state index >= 15 is 0 Å². The number of piperazine rings is 1. The van der Waals surface area contributed by atoms with Crippen molar-refractivity contribution in [3.63, 3.8) is 0 Å². The van der Waals surface area contributed by atoms with Crippen LogP contribution in [0, 0.1) is 28.1 Å². The maximum atomic E-state index is 9.54. The van der Waals surface area contributed by atoms with E-state index in [4.69, 9.17) is 10.00 Å². The average Bonchev–Trinajstić information content (AvgIpc) is 2.71. The number of hydrogen-bond acceptors (Lipinski definition) is 5. The molecule has 5 nitrogen and oxygen atoms in total. The van der Waals surface area contributed by atoms with Gasteiger partial charge in [0.25, 0.3) is 0 Å². The van der Waals surface area contributed by atoms with Crippen LogP contribution in [0.5, 0.6) is 0 Å². The molecule has 5 heteroatoms. The predicted octanol–water partition coefficient (Wildman–Crippen LogP) is 2.78. The third kappa shape index (κ3) is 5.05. The first-order valence-electron chi connectivity index (χ1n) is 9.66. The fourth-order valence-electron chi connectivity index (χ4n) is 3.93. The van der Waals surface area contributed by atoms with Crippen LogP contribution < -0.4 is 0 Å². The number of nitrogens with zero attached hydrogens (tertiary/aromatic N) is 4. The van der Waals surface area contributed by atoms with Gasteiger partial charge in [0.2, 0.25) is 0 Å². The van der Waals surface area contributed by atoms with E-state index in [0.29, 0.717) is 0 Å². The molecule has 0 aromatic heterocycles. The second-order valence-corrected chi connectivity index (χ2v) is 7.53. The molecule has 1 aromatic carbocycles. The quantitative estimate of drug-likeness (QED) is 0.788. The van der Waals surface area contributed by atoms with Crippen molar-refractivity contribution in [3.8, 4) is 12.1 Å². The molecule has 0 radical (unpaired) electrons. The Bertz CT molecular complexity index is 644. The molecular formula is C21H28N4O. The smallest absolute Gasteiger partial charge is 0.0991 e. The van der Waals surface area contributed by atoms with Crippen molar-refractivity contribution >= 4 is 0 Å². The molecule has 2 saturated heterocycles. The van der Waals surface area contributed by atoms with Gasteiger partial charge in [-0.05, 0) is 49.9 Å². The highest BCUT2D eigenvalue weighted by Crippen LogP contribution is 2.34. The summed E-state index contributed by atoms with van der Waals surface area (Å²) in [5, 5.41) is 18.4. The zero-order valence-electron chi connectivity index (χ0n) is 15.5. The first-order valence-corrected chi connectivity index (χ1v) is 9.66. The highest BCUT2D eigenvalue weighted by molar-refractivity contribution is 5.31. The number of ether oxygens (including phenoxy) is 1. The summed E-state index contributed by atoms with van der Waals surface area (Å²) in [6.07, 6.45) is 3.88. The third-order valence-electron chi connectivity index (χ3n) is 5.77. The fraction of sp³-hybridized carbons (Fsp3) is 0.619.